The number of rotatable bonds is 2. The summed E-state index contributed by atoms with van der Waals surface area (Å²) in [4.78, 5) is 23.2. The van der Waals surface area contributed by atoms with Crippen molar-refractivity contribution in [2.45, 2.75) is 46.3 Å². The molecule has 1 aliphatic carbocycles. The molecule has 1 saturated heterocycles. The lowest BCUT2D eigenvalue weighted by molar-refractivity contribution is -0.122. The smallest absolute Gasteiger partial charge is 0.234 e. The van der Waals surface area contributed by atoms with Gasteiger partial charge in [0.2, 0.25) is 6.71 Å². The molecule has 0 amide bonds. The number of hydrogen-bond acceptors (Lipinski definition) is 2. The summed E-state index contributed by atoms with van der Waals surface area (Å²) < 4.78 is 0. The van der Waals surface area contributed by atoms with Crippen molar-refractivity contribution in [1.82, 2.24) is 0 Å². The Morgan fingerprint density at radius 2 is 1.87 bits per heavy atom. The molecule has 0 aromatic rings. The number of hydrogen-bond donors (Lipinski definition) is 0. The summed E-state index contributed by atoms with van der Waals surface area (Å²) in [7, 11) is 0. The van der Waals surface area contributed by atoms with Gasteiger partial charge in [0.25, 0.3) is 0 Å². The third-order valence-electron chi connectivity index (χ3n) is 4.57. The van der Waals surface area contributed by atoms with Crippen LogP contribution in [0.15, 0.2) is 0 Å². The summed E-state index contributed by atoms with van der Waals surface area (Å²) in [6.45, 7) is 7.76. The first-order chi connectivity index (χ1) is 6.84. The van der Waals surface area contributed by atoms with Crippen molar-refractivity contribution < 1.29 is 9.59 Å². The average molecular weight is 206 g/mol. The zero-order chi connectivity index (χ0) is 11.4. The molecular weight excluding hydrogens is 187 g/mol. The molecule has 1 heterocycles. The SMILES string of the molecule is CC(=O)B1CC2CC(C)(C)C2C1C(C)=O. The van der Waals surface area contributed by atoms with Crippen LogP contribution >= 0.6 is 0 Å². The van der Waals surface area contributed by atoms with E-state index in [1.807, 2.05) is 0 Å². The predicted octanol–water partition coefficient (Wildman–Crippen LogP) is 2.24. The Bertz CT molecular complexity index is 322. The maximum Gasteiger partial charge on any atom is 0.234 e. The molecule has 15 heavy (non-hydrogen) atoms. The summed E-state index contributed by atoms with van der Waals surface area (Å²) in [6.07, 6.45) is 2.14. The second kappa shape index (κ2) is 3.20. The first-order valence-electron chi connectivity index (χ1n) is 5.85. The Hall–Kier alpha value is -0.595. The molecule has 3 unspecified atom stereocenters. The van der Waals surface area contributed by atoms with Gasteiger partial charge >= 0.3 is 0 Å². The lowest BCUT2D eigenvalue weighted by atomic mass is 9.38. The van der Waals surface area contributed by atoms with Crippen LogP contribution in [0.25, 0.3) is 0 Å². The minimum Gasteiger partial charge on any atom is -0.311 e. The zero-order valence-corrected chi connectivity index (χ0v) is 10.0. The number of ketones is 1. The molecule has 2 rings (SSSR count). The molecule has 3 heteroatoms. The predicted molar refractivity (Wildman–Crippen MR) is 61.1 cm³/mol. The molecule has 0 aromatic carbocycles. The second-order valence-corrected chi connectivity index (χ2v) is 6.07. The molecule has 2 aliphatic rings. The van der Waals surface area contributed by atoms with Gasteiger partial charge in [-0.1, -0.05) is 20.2 Å². The van der Waals surface area contributed by atoms with Gasteiger partial charge in [0, 0.05) is 5.82 Å². The largest absolute Gasteiger partial charge is 0.311 e. The van der Waals surface area contributed by atoms with Crippen molar-refractivity contribution in [3.63, 3.8) is 0 Å². The van der Waals surface area contributed by atoms with Crippen LogP contribution in [0.5, 0.6) is 0 Å². The molecule has 0 radical (unpaired) electrons. The Morgan fingerprint density at radius 1 is 1.27 bits per heavy atom. The maximum atomic E-state index is 11.7. The van der Waals surface area contributed by atoms with Crippen molar-refractivity contribution >= 4 is 18.2 Å². The highest BCUT2D eigenvalue weighted by atomic mass is 16.1. The van der Waals surface area contributed by atoms with E-state index in [9.17, 15) is 9.59 Å². The summed E-state index contributed by atoms with van der Waals surface area (Å²) in [5.74, 6) is 1.32. The van der Waals surface area contributed by atoms with Crippen LogP contribution in [-0.2, 0) is 9.59 Å². The number of carbonyl (C=O) groups is 2. The molecule has 1 saturated carbocycles. The van der Waals surface area contributed by atoms with Crippen molar-refractivity contribution in [2.24, 2.45) is 17.3 Å². The normalized spacial score (nSPS) is 37.1. The topological polar surface area (TPSA) is 34.1 Å². The third kappa shape index (κ3) is 1.47. The first-order valence-corrected chi connectivity index (χ1v) is 5.85. The minimum atomic E-state index is 0.0104. The van der Waals surface area contributed by atoms with Gasteiger partial charge < -0.3 is 9.59 Å². The van der Waals surface area contributed by atoms with Gasteiger partial charge in [-0.25, -0.2) is 0 Å². The molecule has 82 valence electrons. The third-order valence-corrected chi connectivity index (χ3v) is 4.57. The quantitative estimate of drug-likeness (QED) is 0.649. The minimum absolute atomic E-state index is 0.0104. The van der Waals surface area contributed by atoms with Gasteiger partial charge in [0.05, 0.1) is 5.68 Å². The Kier molecular flexibility index (Phi) is 2.32. The number of Topliss-reactive ketones (excluding diaryl/α,β-unsaturated/α-hetero) is 1. The molecule has 0 aromatic heterocycles. The highest BCUT2D eigenvalue weighted by Crippen LogP contribution is 2.63. The molecule has 2 fully saturated rings. The Labute approximate surface area is 91.9 Å². The van der Waals surface area contributed by atoms with Crippen LogP contribution in [0, 0.1) is 17.3 Å². The van der Waals surface area contributed by atoms with Gasteiger partial charge in [-0.15, -0.1) is 0 Å². The molecule has 0 bridgehead atoms. The van der Waals surface area contributed by atoms with Crippen LogP contribution in [0.4, 0.5) is 0 Å². The molecule has 0 N–H and O–H groups in total. The van der Waals surface area contributed by atoms with E-state index in [1.54, 1.807) is 13.8 Å². The fourth-order valence-electron chi connectivity index (χ4n) is 4.10. The van der Waals surface area contributed by atoms with Crippen molar-refractivity contribution in [3.8, 4) is 0 Å². The van der Waals surface area contributed by atoms with E-state index in [1.165, 1.54) is 6.42 Å². The van der Waals surface area contributed by atoms with E-state index in [4.69, 9.17) is 0 Å². The molecule has 0 spiro atoms. The summed E-state index contributed by atoms with van der Waals surface area (Å²) in [6, 6.07) is 0. The number of fused-ring (bicyclic) bond motifs is 1. The Balaban J connectivity index is 2.27. The van der Waals surface area contributed by atoms with Gasteiger partial charge in [-0.3, -0.25) is 0 Å². The summed E-state index contributed by atoms with van der Waals surface area (Å²) in [5, 5.41) is 0. The van der Waals surface area contributed by atoms with Crippen LogP contribution in [0.2, 0.25) is 12.1 Å². The van der Waals surface area contributed by atoms with Gasteiger partial charge in [-0.2, -0.15) is 0 Å². The van der Waals surface area contributed by atoms with E-state index in [0.29, 0.717) is 11.8 Å². The van der Waals surface area contributed by atoms with Crippen LogP contribution in [-0.4, -0.2) is 18.2 Å². The van der Waals surface area contributed by atoms with Crippen molar-refractivity contribution in [2.75, 3.05) is 0 Å². The lowest BCUT2D eigenvalue weighted by Crippen LogP contribution is -2.44. The highest BCUT2D eigenvalue weighted by molar-refractivity contribution is 6.93. The average Bonchev–Trinajstić information content (AvgIpc) is 2.39. The van der Waals surface area contributed by atoms with E-state index in [2.05, 4.69) is 13.8 Å². The summed E-state index contributed by atoms with van der Waals surface area (Å²) in [5.41, 5.74) is 0.478. The highest BCUT2D eigenvalue weighted by Gasteiger charge is 2.61. The van der Waals surface area contributed by atoms with Gasteiger partial charge in [-0.05, 0) is 37.5 Å². The van der Waals surface area contributed by atoms with E-state index < -0.39 is 0 Å². The fraction of sp³-hybridized carbons (Fsp3) is 0.833. The molecule has 3 atom stereocenters. The van der Waals surface area contributed by atoms with Crippen LogP contribution in [0.3, 0.4) is 0 Å². The van der Waals surface area contributed by atoms with Crippen molar-refractivity contribution in [3.05, 3.63) is 0 Å². The second-order valence-electron chi connectivity index (χ2n) is 6.07. The number of carbonyl (C=O) groups excluding carboxylic acids is 2. The zero-order valence-electron chi connectivity index (χ0n) is 10.0. The lowest BCUT2D eigenvalue weighted by Gasteiger charge is -2.50. The standard InChI is InChI=1S/C12H19BO2/c1-7(14)11-10-9(5-12(10,3)4)6-13(11)8(2)15/h9-11H,5-6H2,1-4H3. The van der Waals surface area contributed by atoms with E-state index in [-0.39, 0.29) is 29.4 Å². The first kappa shape index (κ1) is 10.9. The van der Waals surface area contributed by atoms with Crippen LogP contribution < -0.4 is 0 Å². The van der Waals surface area contributed by atoms with Crippen LogP contribution in [0.1, 0.15) is 34.1 Å². The van der Waals surface area contributed by atoms with Gasteiger partial charge in [0.1, 0.15) is 5.78 Å². The van der Waals surface area contributed by atoms with Gasteiger partial charge in [0.15, 0.2) is 0 Å². The molecule has 1 aliphatic heterocycles. The summed E-state index contributed by atoms with van der Waals surface area (Å²) >= 11 is 0. The molecule has 2 nitrogen and oxygen atoms in total. The maximum absolute atomic E-state index is 11.7. The molecular formula is C12H19BO2. The Morgan fingerprint density at radius 3 is 2.27 bits per heavy atom. The monoisotopic (exact) mass is 206 g/mol. The fourth-order valence-corrected chi connectivity index (χ4v) is 4.10. The van der Waals surface area contributed by atoms with E-state index in [0.717, 1.165) is 6.32 Å². The van der Waals surface area contributed by atoms with Crippen molar-refractivity contribution in [1.29, 1.82) is 0 Å². The van der Waals surface area contributed by atoms with E-state index >= 15 is 0 Å².